The molecule has 1 aliphatic rings. The quantitative estimate of drug-likeness (QED) is 0.590. The summed E-state index contributed by atoms with van der Waals surface area (Å²) in [4.78, 5) is 48.5. The Morgan fingerprint density at radius 2 is 1.61 bits per heavy atom. The SMILES string of the molecule is O=C(COC(=O)c1ccc(N2C(=O)CCC2=O)cc1)Nc1ccc(Cl)c(Cl)c1. The van der Waals surface area contributed by atoms with Crippen LogP contribution in [0.5, 0.6) is 0 Å². The lowest BCUT2D eigenvalue weighted by atomic mass is 10.2. The summed E-state index contributed by atoms with van der Waals surface area (Å²) in [7, 11) is 0. The van der Waals surface area contributed by atoms with Crippen molar-refractivity contribution < 1.29 is 23.9 Å². The van der Waals surface area contributed by atoms with E-state index in [-0.39, 0.29) is 35.2 Å². The zero-order valence-corrected chi connectivity index (χ0v) is 15.9. The fourth-order valence-electron chi connectivity index (χ4n) is 2.60. The van der Waals surface area contributed by atoms with Crippen LogP contribution in [-0.2, 0) is 19.1 Å². The van der Waals surface area contributed by atoms with Crippen molar-refractivity contribution in [2.45, 2.75) is 12.8 Å². The predicted molar refractivity (Wildman–Crippen MR) is 104 cm³/mol. The minimum absolute atomic E-state index is 0.177. The molecule has 0 bridgehead atoms. The van der Waals surface area contributed by atoms with Crippen LogP contribution in [0.2, 0.25) is 10.0 Å². The zero-order chi connectivity index (χ0) is 20.3. The number of nitrogens with one attached hydrogen (secondary N) is 1. The van der Waals surface area contributed by atoms with Crippen molar-refractivity contribution in [1.82, 2.24) is 0 Å². The second-order valence-corrected chi connectivity index (χ2v) is 6.74. The molecule has 1 N–H and O–H groups in total. The van der Waals surface area contributed by atoms with Crippen molar-refractivity contribution in [3.05, 3.63) is 58.1 Å². The van der Waals surface area contributed by atoms with Gasteiger partial charge in [-0.2, -0.15) is 0 Å². The third-order valence-electron chi connectivity index (χ3n) is 3.95. The van der Waals surface area contributed by atoms with Gasteiger partial charge in [-0.3, -0.25) is 19.3 Å². The average molecular weight is 421 g/mol. The van der Waals surface area contributed by atoms with E-state index >= 15 is 0 Å². The summed E-state index contributed by atoms with van der Waals surface area (Å²) in [5.41, 5.74) is 0.992. The number of halogens is 2. The first-order chi connectivity index (χ1) is 13.3. The third-order valence-corrected chi connectivity index (χ3v) is 4.69. The van der Waals surface area contributed by atoms with Gasteiger partial charge in [-0.1, -0.05) is 23.2 Å². The molecule has 3 rings (SSSR count). The van der Waals surface area contributed by atoms with Gasteiger partial charge in [0.1, 0.15) is 0 Å². The number of rotatable bonds is 5. The number of ether oxygens (including phenoxy) is 1. The van der Waals surface area contributed by atoms with Gasteiger partial charge < -0.3 is 10.1 Å². The molecular formula is C19H14Cl2N2O5. The lowest BCUT2D eigenvalue weighted by molar-refractivity contribution is -0.121. The molecule has 144 valence electrons. The van der Waals surface area contributed by atoms with Gasteiger partial charge in [0.15, 0.2) is 6.61 Å². The topological polar surface area (TPSA) is 92.8 Å². The third kappa shape index (κ3) is 4.49. The Morgan fingerprint density at radius 3 is 2.21 bits per heavy atom. The maximum atomic E-state index is 12.1. The Balaban J connectivity index is 1.55. The van der Waals surface area contributed by atoms with Crippen molar-refractivity contribution >= 4 is 58.3 Å². The molecule has 1 heterocycles. The van der Waals surface area contributed by atoms with Gasteiger partial charge >= 0.3 is 5.97 Å². The van der Waals surface area contributed by atoms with E-state index in [0.29, 0.717) is 16.4 Å². The number of imide groups is 1. The van der Waals surface area contributed by atoms with Gasteiger partial charge in [0.2, 0.25) is 11.8 Å². The zero-order valence-electron chi connectivity index (χ0n) is 14.4. The van der Waals surface area contributed by atoms with Crippen LogP contribution >= 0.6 is 23.2 Å². The lowest BCUT2D eigenvalue weighted by Crippen LogP contribution is -2.28. The Morgan fingerprint density at radius 1 is 0.964 bits per heavy atom. The van der Waals surface area contributed by atoms with Crippen LogP contribution in [-0.4, -0.2) is 30.3 Å². The van der Waals surface area contributed by atoms with Crippen LogP contribution in [0.25, 0.3) is 0 Å². The molecule has 9 heteroatoms. The Bertz CT molecular complexity index is 943. The van der Waals surface area contributed by atoms with Crippen molar-refractivity contribution in [2.24, 2.45) is 0 Å². The molecule has 0 aliphatic carbocycles. The van der Waals surface area contributed by atoms with Crippen LogP contribution in [0.1, 0.15) is 23.2 Å². The molecule has 0 radical (unpaired) electrons. The van der Waals surface area contributed by atoms with E-state index < -0.39 is 18.5 Å². The normalized spacial score (nSPS) is 13.6. The second kappa shape index (κ2) is 8.41. The van der Waals surface area contributed by atoms with Crippen LogP contribution in [0, 0.1) is 0 Å². The van der Waals surface area contributed by atoms with Crippen LogP contribution in [0.15, 0.2) is 42.5 Å². The monoisotopic (exact) mass is 420 g/mol. The molecule has 3 amide bonds. The van der Waals surface area contributed by atoms with Gasteiger partial charge in [-0.15, -0.1) is 0 Å². The maximum Gasteiger partial charge on any atom is 0.338 e. The molecule has 0 aromatic heterocycles. The molecule has 0 unspecified atom stereocenters. The molecule has 0 saturated carbocycles. The smallest absolute Gasteiger partial charge is 0.338 e. The Labute approximate surface area is 170 Å². The van der Waals surface area contributed by atoms with Gasteiger partial charge in [-0.05, 0) is 42.5 Å². The predicted octanol–water partition coefficient (Wildman–Crippen LogP) is 3.44. The molecule has 2 aromatic carbocycles. The summed E-state index contributed by atoms with van der Waals surface area (Å²) in [6.07, 6.45) is 0.354. The molecule has 0 atom stereocenters. The summed E-state index contributed by atoms with van der Waals surface area (Å²) in [6.45, 7) is -0.496. The Kier molecular flexibility index (Phi) is 5.96. The molecule has 1 saturated heterocycles. The molecular weight excluding hydrogens is 407 g/mol. The van der Waals surface area contributed by atoms with Crippen molar-refractivity contribution in [3.63, 3.8) is 0 Å². The number of esters is 1. The van der Waals surface area contributed by atoms with E-state index in [0.717, 1.165) is 4.90 Å². The van der Waals surface area contributed by atoms with Gasteiger partial charge in [0.05, 0.1) is 21.3 Å². The van der Waals surface area contributed by atoms with Crippen molar-refractivity contribution in [1.29, 1.82) is 0 Å². The molecule has 0 spiro atoms. The highest BCUT2D eigenvalue weighted by atomic mass is 35.5. The number of benzene rings is 2. The average Bonchev–Trinajstić information content (AvgIpc) is 3.01. The largest absolute Gasteiger partial charge is 0.452 e. The number of carbonyl (C=O) groups is 4. The van der Waals surface area contributed by atoms with Crippen LogP contribution in [0.4, 0.5) is 11.4 Å². The van der Waals surface area contributed by atoms with Gasteiger partial charge in [-0.25, -0.2) is 4.79 Å². The molecule has 28 heavy (non-hydrogen) atoms. The number of hydrogen-bond acceptors (Lipinski definition) is 5. The first-order valence-electron chi connectivity index (χ1n) is 8.23. The number of nitrogens with zero attached hydrogens (tertiary/aromatic N) is 1. The second-order valence-electron chi connectivity index (χ2n) is 5.92. The minimum atomic E-state index is -0.713. The van der Waals surface area contributed by atoms with E-state index in [2.05, 4.69) is 5.32 Å². The molecule has 1 aliphatic heterocycles. The highest BCUT2D eigenvalue weighted by Gasteiger charge is 2.30. The summed E-state index contributed by atoms with van der Waals surface area (Å²) in [5.74, 6) is -1.81. The number of carbonyl (C=O) groups excluding carboxylic acids is 4. The van der Waals surface area contributed by atoms with Crippen LogP contribution in [0.3, 0.4) is 0 Å². The van der Waals surface area contributed by atoms with E-state index in [9.17, 15) is 19.2 Å². The van der Waals surface area contributed by atoms with Crippen molar-refractivity contribution in [3.8, 4) is 0 Å². The summed E-state index contributed by atoms with van der Waals surface area (Å²) >= 11 is 11.7. The van der Waals surface area contributed by atoms with Gasteiger partial charge in [0, 0.05) is 18.5 Å². The molecule has 7 nitrogen and oxygen atoms in total. The lowest BCUT2D eigenvalue weighted by Gasteiger charge is -2.14. The highest BCUT2D eigenvalue weighted by Crippen LogP contribution is 2.25. The fraction of sp³-hybridized carbons (Fsp3) is 0.158. The van der Waals surface area contributed by atoms with E-state index in [1.165, 1.54) is 36.4 Å². The summed E-state index contributed by atoms with van der Waals surface area (Å²) in [6, 6.07) is 10.4. The maximum absolute atomic E-state index is 12.1. The number of anilines is 2. The number of hydrogen-bond donors (Lipinski definition) is 1. The first-order valence-corrected chi connectivity index (χ1v) is 8.98. The first kappa shape index (κ1) is 19.9. The number of amides is 3. The van der Waals surface area contributed by atoms with Crippen molar-refractivity contribution in [2.75, 3.05) is 16.8 Å². The minimum Gasteiger partial charge on any atom is -0.452 e. The summed E-state index contributed by atoms with van der Waals surface area (Å²) in [5, 5.41) is 3.17. The molecule has 1 fully saturated rings. The summed E-state index contributed by atoms with van der Waals surface area (Å²) < 4.78 is 4.97. The highest BCUT2D eigenvalue weighted by molar-refractivity contribution is 6.42. The van der Waals surface area contributed by atoms with E-state index in [1.54, 1.807) is 6.07 Å². The van der Waals surface area contributed by atoms with Crippen LogP contribution < -0.4 is 10.2 Å². The van der Waals surface area contributed by atoms with Gasteiger partial charge in [0.25, 0.3) is 5.91 Å². The fourth-order valence-corrected chi connectivity index (χ4v) is 2.89. The Hall–Kier alpha value is -2.90. The van der Waals surface area contributed by atoms with E-state index in [1.807, 2.05) is 0 Å². The molecule has 2 aromatic rings. The standard InChI is InChI=1S/C19H14Cl2N2O5/c20-14-6-3-12(9-15(14)21)22-16(24)10-28-19(27)11-1-4-13(5-2-11)23-17(25)7-8-18(23)26/h1-6,9H,7-8,10H2,(H,22,24). The van der Waals surface area contributed by atoms with E-state index in [4.69, 9.17) is 27.9 Å².